The van der Waals surface area contributed by atoms with Crippen LogP contribution in [0.2, 0.25) is 0 Å². The lowest BCUT2D eigenvalue weighted by Gasteiger charge is -2.30. The maximum Gasteiger partial charge on any atom is 0.137 e. The van der Waals surface area contributed by atoms with Gasteiger partial charge in [0, 0.05) is 44.6 Å². The highest BCUT2D eigenvalue weighted by Crippen LogP contribution is 2.53. The number of nitrogens with zero attached hydrogens (tertiary/aromatic N) is 1. The summed E-state index contributed by atoms with van der Waals surface area (Å²) in [5.74, 6) is 0. The molecule has 246 valence electrons. The van der Waals surface area contributed by atoms with Gasteiger partial charge in [-0.3, -0.25) is 0 Å². The SMILES string of the molecule is CC1(C)c2ccccc2-c2ccc(N(c3ccc4c(c3)oc3ccccc34)c3c(-c4ccccc4)ccc4oc5cc6ccccc6cc5c34)cc21. The Balaban J connectivity index is 1.26. The van der Waals surface area contributed by atoms with Crippen molar-refractivity contribution >= 4 is 71.7 Å². The Morgan fingerprint density at radius 3 is 1.94 bits per heavy atom. The van der Waals surface area contributed by atoms with Gasteiger partial charge in [0.15, 0.2) is 0 Å². The van der Waals surface area contributed by atoms with E-state index in [9.17, 15) is 0 Å². The highest BCUT2D eigenvalue weighted by atomic mass is 16.3. The predicted octanol–water partition coefficient (Wildman–Crippen LogP) is 14.1. The molecule has 11 rings (SSSR count). The quantitative estimate of drug-likeness (QED) is 0.187. The number of anilines is 3. The molecule has 2 heterocycles. The smallest absolute Gasteiger partial charge is 0.137 e. The zero-order valence-corrected chi connectivity index (χ0v) is 28.9. The van der Waals surface area contributed by atoms with E-state index in [0.717, 1.165) is 77.5 Å². The molecule has 0 bridgehead atoms. The van der Waals surface area contributed by atoms with Gasteiger partial charge >= 0.3 is 0 Å². The van der Waals surface area contributed by atoms with Gasteiger partial charge in [0.05, 0.1) is 11.1 Å². The fourth-order valence-corrected chi connectivity index (χ4v) is 8.71. The van der Waals surface area contributed by atoms with Crippen LogP contribution in [0.15, 0.2) is 173 Å². The van der Waals surface area contributed by atoms with E-state index in [1.165, 1.54) is 27.6 Å². The monoisotopic (exact) mass is 667 g/mol. The predicted molar refractivity (Wildman–Crippen MR) is 216 cm³/mol. The first-order valence-electron chi connectivity index (χ1n) is 17.9. The summed E-state index contributed by atoms with van der Waals surface area (Å²) in [5, 5.41) is 6.73. The van der Waals surface area contributed by atoms with Gasteiger partial charge in [-0.1, -0.05) is 117 Å². The fraction of sp³-hybridized carbons (Fsp3) is 0.0612. The van der Waals surface area contributed by atoms with Crippen molar-refractivity contribution in [2.24, 2.45) is 0 Å². The minimum Gasteiger partial charge on any atom is -0.456 e. The number of para-hydroxylation sites is 1. The van der Waals surface area contributed by atoms with Crippen molar-refractivity contribution < 1.29 is 8.83 Å². The summed E-state index contributed by atoms with van der Waals surface area (Å²) < 4.78 is 13.3. The number of furan rings is 2. The molecule has 0 N–H and O–H groups in total. The number of hydrogen-bond acceptors (Lipinski definition) is 3. The molecule has 52 heavy (non-hydrogen) atoms. The maximum absolute atomic E-state index is 6.73. The standard InChI is InChI=1S/C49H33NO2/c1-49(2)41-18-10-8-16-36(41)37-22-20-33(28-42(37)49)50(34-21-23-39-38-17-9-11-19-43(38)51-46(39)29-34)48-35(30-12-4-3-5-13-30)24-25-44-47(48)40-26-31-14-6-7-15-32(31)27-45(40)52-44/h3-29H,1-2H3. The largest absolute Gasteiger partial charge is 0.456 e. The average Bonchev–Trinajstić information content (AvgIpc) is 3.81. The molecular weight excluding hydrogens is 635 g/mol. The van der Waals surface area contributed by atoms with Crippen LogP contribution < -0.4 is 4.90 Å². The van der Waals surface area contributed by atoms with Crippen molar-refractivity contribution in [1.29, 1.82) is 0 Å². The van der Waals surface area contributed by atoms with E-state index < -0.39 is 0 Å². The molecule has 2 aromatic heterocycles. The molecule has 0 radical (unpaired) electrons. The van der Waals surface area contributed by atoms with Crippen molar-refractivity contribution in [3.8, 4) is 22.3 Å². The molecule has 0 atom stereocenters. The Bertz CT molecular complexity index is 3050. The Labute approximate surface area is 301 Å². The van der Waals surface area contributed by atoms with Gasteiger partial charge in [0.1, 0.15) is 22.3 Å². The van der Waals surface area contributed by atoms with Crippen molar-refractivity contribution in [2.75, 3.05) is 4.90 Å². The molecule has 0 saturated carbocycles. The van der Waals surface area contributed by atoms with Gasteiger partial charge in [-0.05, 0) is 93.2 Å². The minimum atomic E-state index is -0.161. The van der Waals surface area contributed by atoms with E-state index in [4.69, 9.17) is 8.83 Å². The van der Waals surface area contributed by atoms with Gasteiger partial charge in [0.25, 0.3) is 0 Å². The molecule has 0 fully saturated rings. The summed E-state index contributed by atoms with van der Waals surface area (Å²) >= 11 is 0. The van der Waals surface area contributed by atoms with Crippen LogP contribution in [0.5, 0.6) is 0 Å². The molecule has 3 nitrogen and oxygen atoms in total. The van der Waals surface area contributed by atoms with Crippen LogP contribution in [0.3, 0.4) is 0 Å². The zero-order chi connectivity index (χ0) is 34.6. The summed E-state index contributed by atoms with van der Waals surface area (Å²) in [6, 6.07) is 58.8. The summed E-state index contributed by atoms with van der Waals surface area (Å²) in [7, 11) is 0. The highest BCUT2D eigenvalue weighted by Gasteiger charge is 2.36. The minimum absolute atomic E-state index is 0.161. The average molecular weight is 668 g/mol. The van der Waals surface area contributed by atoms with Crippen LogP contribution in [-0.4, -0.2) is 0 Å². The van der Waals surface area contributed by atoms with Crippen molar-refractivity contribution in [2.45, 2.75) is 19.3 Å². The van der Waals surface area contributed by atoms with Crippen molar-refractivity contribution in [3.05, 3.63) is 175 Å². The van der Waals surface area contributed by atoms with Crippen molar-refractivity contribution in [3.63, 3.8) is 0 Å². The second kappa shape index (κ2) is 10.7. The molecule has 8 aromatic carbocycles. The van der Waals surface area contributed by atoms with Crippen LogP contribution in [0.25, 0.3) is 76.9 Å². The third kappa shape index (κ3) is 4.14. The normalized spacial score (nSPS) is 13.3. The lowest BCUT2D eigenvalue weighted by Crippen LogP contribution is -2.17. The summed E-state index contributed by atoms with van der Waals surface area (Å²) in [4.78, 5) is 2.43. The number of hydrogen-bond donors (Lipinski definition) is 0. The van der Waals surface area contributed by atoms with Crippen molar-refractivity contribution in [1.82, 2.24) is 0 Å². The van der Waals surface area contributed by atoms with E-state index in [1.54, 1.807) is 0 Å². The molecule has 0 unspecified atom stereocenters. The second-order valence-electron chi connectivity index (χ2n) is 14.5. The van der Waals surface area contributed by atoms with E-state index in [0.29, 0.717) is 0 Å². The van der Waals surface area contributed by atoms with E-state index in [-0.39, 0.29) is 5.41 Å². The lowest BCUT2D eigenvalue weighted by molar-refractivity contribution is 0.660. The van der Waals surface area contributed by atoms with Crippen LogP contribution >= 0.6 is 0 Å². The maximum atomic E-state index is 6.73. The van der Waals surface area contributed by atoms with Crippen LogP contribution in [0, 0.1) is 0 Å². The molecule has 0 spiro atoms. The zero-order valence-electron chi connectivity index (χ0n) is 28.9. The van der Waals surface area contributed by atoms with Gasteiger partial charge in [0.2, 0.25) is 0 Å². The Morgan fingerprint density at radius 2 is 1.06 bits per heavy atom. The molecule has 0 amide bonds. The van der Waals surface area contributed by atoms with Gasteiger partial charge < -0.3 is 13.7 Å². The summed E-state index contributed by atoms with van der Waals surface area (Å²) in [5.41, 5.74) is 14.0. The first-order chi connectivity index (χ1) is 25.5. The first kappa shape index (κ1) is 29.2. The number of fused-ring (bicyclic) bond motifs is 10. The fourth-order valence-electron chi connectivity index (χ4n) is 8.71. The molecule has 0 saturated heterocycles. The molecule has 10 aromatic rings. The molecule has 1 aliphatic carbocycles. The molecule has 3 heteroatoms. The molecular formula is C49H33NO2. The summed E-state index contributed by atoms with van der Waals surface area (Å²) in [6.07, 6.45) is 0. The van der Waals surface area contributed by atoms with Gasteiger partial charge in [-0.25, -0.2) is 0 Å². The van der Waals surface area contributed by atoms with E-state index >= 15 is 0 Å². The second-order valence-corrected chi connectivity index (χ2v) is 14.5. The van der Waals surface area contributed by atoms with Gasteiger partial charge in [-0.2, -0.15) is 0 Å². The summed E-state index contributed by atoms with van der Waals surface area (Å²) in [6.45, 7) is 4.69. The van der Waals surface area contributed by atoms with Crippen LogP contribution in [0.4, 0.5) is 17.1 Å². The van der Waals surface area contributed by atoms with Gasteiger partial charge in [-0.15, -0.1) is 0 Å². The van der Waals surface area contributed by atoms with E-state index in [2.05, 4.69) is 170 Å². The van der Waals surface area contributed by atoms with Crippen LogP contribution in [0.1, 0.15) is 25.0 Å². The number of benzene rings is 8. The third-order valence-electron chi connectivity index (χ3n) is 11.2. The topological polar surface area (TPSA) is 29.5 Å². The highest BCUT2D eigenvalue weighted by molar-refractivity contribution is 6.19. The lowest BCUT2D eigenvalue weighted by atomic mass is 9.82. The van der Waals surface area contributed by atoms with E-state index in [1.807, 2.05) is 12.1 Å². The Kier molecular flexibility index (Phi) is 6.01. The Hall–Kier alpha value is -6.58. The molecule has 0 aliphatic heterocycles. The Morgan fingerprint density at radius 1 is 0.423 bits per heavy atom. The van der Waals surface area contributed by atoms with Crippen LogP contribution in [-0.2, 0) is 5.41 Å². The molecule has 1 aliphatic rings. The number of rotatable bonds is 4. The third-order valence-corrected chi connectivity index (χ3v) is 11.2. The first-order valence-corrected chi connectivity index (χ1v) is 17.9.